The highest BCUT2D eigenvalue weighted by Gasteiger charge is 2.45. The number of aliphatic hydroxyl groups is 2. The van der Waals surface area contributed by atoms with Gasteiger partial charge in [-0.15, -0.1) is 11.3 Å². The third kappa shape index (κ3) is 4.75. The van der Waals surface area contributed by atoms with Crippen LogP contribution in [-0.2, 0) is 4.74 Å². The number of ether oxygens (including phenoxy) is 1. The summed E-state index contributed by atoms with van der Waals surface area (Å²) in [5.41, 5.74) is 0. The number of amides is 1. The van der Waals surface area contributed by atoms with Gasteiger partial charge in [0.1, 0.15) is 12.2 Å². The van der Waals surface area contributed by atoms with Crippen molar-refractivity contribution in [1.82, 2.24) is 15.1 Å². The molecule has 2 heterocycles. The van der Waals surface area contributed by atoms with Gasteiger partial charge in [-0.25, -0.2) is 0 Å². The van der Waals surface area contributed by atoms with E-state index in [-0.39, 0.29) is 24.7 Å². The van der Waals surface area contributed by atoms with Gasteiger partial charge in [-0.3, -0.25) is 9.69 Å². The van der Waals surface area contributed by atoms with Crippen molar-refractivity contribution in [2.75, 3.05) is 47.4 Å². The molecule has 0 saturated carbocycles. The van der Waals surface area contributed by atoms with E-state index in [1.807, 2.05) is 37.5 Å². The van der Waals surface area contributed by atoms with Crippen molar-refractivity contribution >= 4 is 17.2 Å². The smallest absolute Gasteiger partial charge is 0.261 e. The van der Waals surface area contributed by atoms with Crippen LogP contribution in [0.5, 0.6) is 0 Å². The molecule has 1 fully saturated rings. The molecule has 1 aromatic heterocycles. The second-order valence-corrected chi connectivity index (χ2v) is 7.30. The molecule has 1 aromatic rings. The zero-order valence-electron chi connectivity index (χ0n) is 14.4. The van der Waals surface area contributed by atoms with Crippen molar-refractivity contribution in [1.29, 1.82) is 0 Å². The van der Waals surface area contributed by atoms with Crippen LogP contribution in [0.1, 0.15) is 9.67 Å². The van der Waals surface area contributed by atoms with Crippen LogP contribution in [0.3, 0.4) is 0 Å². The minimum atomic E-state index is -0.786. The highest BCUT2D eigenvalue weighted by Crippen LogP contribution is 2.25. The van der Waals surface area contributed by atoms with Gasteiger partial charge < -0.3 is 25.2 Å². The fourth-order valence-electron chi connectivity index (χ4n) is 2.88. The van der Waals surface area contributed by atoms with Crippen LogP contribution in [0.15, 0.2) is 17.5 Å². The van der Waals surface area contributed by atoms with Crippen LogP contribution in [-0.4, -0.2) is 97.7 Å². The van der Waals surface area contributed by atoms with Gasteiger partial charge in [-0.1, -0.05) is 6.07 Å². The van der Waals surface area contributed by atoms with Gasteiger partial charge in [0.15, 0.2) is 0 Å². The Hall–Kier alpha value is -1.03. The second-order valence-electron chi connectivity index (χ2n) is 6.35. The first-order valence-electron chi connectivity index (χ1n) is 8.05. The van der Waals surface area contributed by atoms with E-state index in [0.29, 0.717) is 11.4 Å². The number of likely N-dealkylation sites (N-methyl/N-ethyl adjacent to an activating group) is 2. The van der Waals surface area contributed by atoms with Gasteiger partial charge in [-0.2, -0.15) is 0 Å². The summed E-state index contributed by atoms with van der Waals surface area (Å²) in [6.45, 7) is 1.65. The fourth-order valence-corrected chi connectivity index (χ4v) is 3.52. The Morgan fingerprint density at radius 1 is 1.33 bits per heavy atom. The molecule has 0 aromatic carbocycles. The zero-order chi connectivity index (χ0) is 17.7. The molecule has 4 atom stereocenters. The Morgan fingerprint density at radius 3 is 2.67 bits per heavy atom. The van der Waals surface area contributed by atoms with Crippen molar-refractivity contribution in [2.45, 2.75) is 24.4 Å². The number of nitrogens with one attached hydrogen (secondary N) is 1. The van der Waals surface area contributed by atoms with Crippen LogP contribution in [0.4, 0.5) is 0 Å². The number of nitrogens with zero attached hydrogens (tertiary/aromatic N) is 2. The quantitative estimate of drug-likeness (QED) is 0.580. The van der Waals surface area contributed by atoms with E-state index in [4.69, 9.17) is 4.74 Å². The van der Waals surface area contributed by atoms with E-state index >= 15 is 0 Å². The molecule has 1 amide bonds. The summed E-state index contributed by atoms with van der Waals surface area (Å²) >= 11 is 1.38. The van der Waals surface area contributed by atoms with E-state index in [0.717, 1.165) is 13.1 Å². The lowest BCUT2D eigenvalue weighted by atomic mass is 10.0. The largest absolute Gasteiger partial charge is 0.394 e. The number of hydrogen-bond acceptors (Lipinski definition) is 7. The summed E-state index contributed by atoms with van der Waals surface area (Å²) < 4.78 is 5.76. The van der Waals surface area contributed by atoms with Crippen LogP contribution >= 0.6 is 11.3 Å². The maximum Gasteiger partial charge on any atom is 0.261 e. The maximum atomic E-state index is 12.1. The first-order valence-corrected chi connectivity index (χ1v) is 8.93. The van der Waals surface area contributed by atoms with Crippen molar-refractivity contribution in [3.05, 3.63) is 22.4 Å². The summed E-state index contributed by atoms with van der Waals surface area (Å²) in [5, 5.41) is 24.6. The summed E-state index contributed by atoms with van der Waals surface area (Å²) in [5.74, 6) is -0.148. The Labute approximate surface area is 146 Å². The molecule has 3 N–H and O–H groups in total. The van der Waals surface area contributed by atoms with Crippen LogP contribution in [0.2, 0.25) is 0 Å². The number of thiophene rings is 1. The molecular weight excluding hydrogens is 330 g/mol. The topological polar surface area (TPSA) is 85.3 Å². The molecule has 0 unspecified atom stereocenters. The monoisotopic (exact) mass is 357 g/mol. The lowest BCUT2D eigenvalue weighted by Gasteiger charge is -2.31. The van der Waals surface area contributed by atoms with E-state index < -0.39 is 12.2 Å². The van der Waals surface area contributed by atoms with Crippen molar-refractivity contribution in [3.63, 3.8) is 0 Å². The van der Waals surface area contributed by atoms with Crippen molar-refractivity contribution in [3.8, 4) is 0 Å². The maximum absolute atomic E-state index is 12.1. The van der Waals surface area contributed by atoms with E-state index in [2.05, 4.69) is 10.2 Å². The van der Waals surface area contributed by atoms with Gasteiger partial charge in [0.25, 0.3) is 5.91 Å². The number of carbonyl (C=O) groups excluding carboxylic acids is 1. The van der Waals surface area contributed by atoms with Gasteiger partial charge >= 0.3 is 0 Å². The lowest BCUT2D eigenvalue weighted by molar-refractivity contribution is -0.0209. The molecule has 1 aliphatic heterocycles. The summed E-state index contributed by atoms with van der Waals surface area (Å²) in [6.07, 6.45) is -1.78. The molecule has 0 spiro atoms. The molecule has 2 rings (SSSR count). The first-order chi connectivity index (χ1) is 11.4. The Kier molecular flexibility index (Phi) is 7.15. The lowest BCUT2D eigenvalue weighted by Crippen LogP contribution is -2.51. The highest BCUT2D eigenvalue weighted by atomic mass is 32.1. The second kappa shape index (κ2) is 8.89. The van der Waals surface area contributed by atoms with Gasteiger partial charge in [0, 0.05) is 19.6 Å². The minimum Gasteiger partial charge on any atom is -0.394 e. The SMILES string of the molecule is CN(C)CCN(C)[C@@H]1[C@H](O)[C@H](CO)O[C@@H]1CNC(=O)c1cccs1. The molecule has 0 bridgehead atoms. The van der Waals surface area contributed by atoms with Gasteiger partial charge in [0.2, 0.25) is 0 Å². The summed E-state index contributed by atoms with van der Waals surface area (Å²) in [7, 11) is 5.91. The number of aliphatic hydroxyl groups excluding tert-OH is 2. The summed E-state index contributed by atoms with van der Waals surface area (Å²) in [6, 6.07) is 3.32. The van der Waals surface area contributed by atoms with Crippen molar-refractivity contribution in [2.24, 2.45) is 0 Å². The number of hydrogen-bond donors (Lipinski definition) is 3. The fraction of sp³-hybridized carbons (Fsp3) is 0.688. The predicted molar refractivity (Wildman–Crippen MR) is 93.4 cm³/mol. The van der Waals surface area contributed by atoms with Crippen LogP contribution < -0.4 is 5.32 Å². The molecule has 8 heteroatoms. The van der Waals surface area contributed by atoms with Gasteiger partial charge in [-0.05, 0) is 32.6 Å². The molecule has 7 nitrogen and oxygen atoms in total. The Bertz CT molecular complexity index is 511. The van der Waals surface area contributed by atoms with E-state index in [9.17, 15) is 15.0 Å². The van der Waals surface area contributed by atoms with E-state index in [1.54, 1.807) is 6.07 Å². The third-order valence-electron chi connectivity index (χ3n) is 4.26. The van der Waals surface area contributed by atoms with Gasteiger partial charge in [0.05, 0.1) is 23.6 Å². The Balaban J connectivity index is 1.97. The van der Waals surface area contributed by atoms with Crippen molar-refractivity contribution < 1.29 is 19.7 Å². The molecule has 24 heavy (non-hydrogen) atoms. The first kappa shape index (κ1) is 19.3. The molecule has 136 valence electrons. The Morgan fingerprint density at radius 2 is 2.08 bits per heavy atom. The molecule has 1 saturated heterocycles. The standard InChI is InChI=1S/C16H27N3O4S/c1-18(2)6-7-19(3)14-11(23-12(10-20)15(14)21)9-17-16(22)13-5-4-8-24-13/h4-5,8,11-12,14-15,20-21H,6-7,9-10H2,1-3H3,(H,17,22)/t11-,12+,14+,15-/m1/s1. The van der Waals surface area contributed by atoms with Crippen LogP contribution in [0.25, 0.3) is 0 Å². The number of rotatable bonds is 8. The molecule has 0 radical (unpaired) electrons. The molecule has 1 aliphatic rings. The number of carbonyl (C=O) groups is 1. The highest BCUT2D eigenvalue weighted by molar-refractivity contribution is 7.12. The third-order valence-corrected chi connectivity index (χ3v) is 5.13. The predicted octanol–water partition coefficient (Wildman–Crippen LogP) is -0.539. The average molecular weight is 357 g/mol. The zero-order valence-corrected chi connectivity index (χ0v) is 15.2. The molecular formula is C16H27N3O4S. The normalized spacial score (nSPS) is 27.1. The van der Waals surface area contributed by atoms with E-state index in [1.165, 1.54) is 11.3 Å². The van der Waals surface area contributed by atoms with Crippen LogP contribution in [0, 0.1) is 0 Å². The molecule has 0 aliphatic carbocycles. The minimum absolute atomic E-state index is 0.148. The average Bonchev–Trinajstić information content (AvgIpc) is 3.18. The summed E-state index contributed by atoms with van der Waals surface area (Å²) in [4.78, 5) is 16.8.